The van der Waals surface area contributed by atoms with Crippen LogP contribution < -0.4 is 20.9 Å². The zero-order valence-electron chi connectivity index (χ0n) is 16.8. The Morgan fingerprint density at radius 1 is 1.17 bits per heavy atom. The first-order chi connectivity index (χ1) is 14.7. The van der Waals surface area contributed by atoms with Crippen LogP contribution in [0.4, 0.5) is 23.3 Å². The number of carbonyl (C=O) groups excluding carboxylic acids is 1. The lowest BCUT2D eigenvalue weighted by molar-refractivity contribution is 0.0952. The minimum absolute atomic E-state index is 0.147. The standard InChI is InChI=1S/C20H24N8O2/c1-21-18-11-16(24-15-3-2-4-17(25-15)27-7-9-30-10-8-27)26-19-14(12-22-28(18)19)20(29)23-13-5-6-13/h2-4,11-13,21H,5-10H2,1H3,(H,23,29)(H,24,25,26). The predicted molar refractivity (Wildman–Crippen MR) is 114 cm³/mol. The van der Waals surface area contributed by atoms with Crippen molar-refractivity contribution in [3.8, 4) is 0 Å². The molecule has 1 saturated carbocycles. The van der Waals surface area contributed by atoms with Crippen molar-refractivity contribution in [1.82, 2.24) is 24.9 Å². The van der Waals surface area contributed by atoms with E-state index >= 15 is 0 Å². The highest BCUT2D eigenvalue weighted by Crippen LogP contribution is 2.24. The molecular weight excluding hydrogens is 384 g/mol. The summed E-state index contributed by atoms with van der Waals surface area (Å²) >= 11 is 0. The second-order valence-electron chi connectivity index (χ2n) is 7.42. The third-order valence-corrected chi connectivity index (χ3v) is 5.21. The zero-order chi connectivity index (χ0) is 20.5. The van der Waals surface area contributed by atoms with Crippen LogP contribution in [0.5, 0.6) is 0 Å². The van der Waals surface area contributed by atoms with Crippen LogP contribution in [0.15, 0.2) is 30.5 Å². The highest BCUT2D eigenvalue weighted by atomic mass is 16.5. The molecule has 1 amide bonds. The number of carbonyl (C=O) groups is 1. The Bertz CT molecular complexity index is 1070. The summed E-state index contributed by atoms with van der Waals surface area (Å²) in [5.74, 6) is 2.73. The number of nitrogens with one attached hydrogen (secondary N) is 3. The van der Waals surface area contributed by atoms with Crippen molar-refractivity contribution in [1.29, 1.82) is 0 Å². The Hall–Kier alpha value is -3.40. The van der Waals surface area contributed by atoms with Gasteiger partial charge in [0.15, 0.2) is 5.65 Å². The van der Waals surface area contributed by atoms with E-state index in [1.807, 2.05) is 31.3 Å². The summed E-state index contributed by atoms with van der Waals surface area (Å²) in [4.78, 5) is 24.1. The number of hydrogen-bond donors (Lipinski definition) is 3. The van der Waals surface area contributed by atoms with E-state index in [1.54, 1.807) is 10.7 Å². The summed E-state index contributed by atoms with van der Waals surface area (Å²) in [5, 5.41) is 13.7. The summed E-state index contributed by atoms with van der Waals surface area (Å²) in [6.45, 7) is 3.05. The monoisotopic (exact) mass is 408 g/mol. The molecule has 3 aromatic rings. The molecule has 10 heteroatoms. The lowest BCUT2D eigenvalue weighted by Crippen LogP contribution is -2.36. The quantitative estimate of drug-likeness (QED) is 0.565. The predicted octanol–water partition coefficient (Wildman–Crippen LogP) is 1.64. The summed E-state index contributed by atoms with van der Waals surface area (Å²) in [5.41, 5.74) is 0.948. The van der Waals surface area contributed by atoms with Crippen molar-refractivity contribution in [2.45, 2.75) is 18.9 Å². The molecule has 0 spiro atoms. The molecule has 3 N–H and O–H groups in total. The Labute approximate surface area is 173 Å². The SMILES string of the molecule is CNc1cc(Nc2cccc(N3CCOCC3)n2)nc2c(C(=O)NC3CC3)cnn12. The van der Waals surface area contributed by atoms with Gasteiger partial charge in [0.1, 0.15) is 28.8 Å². The van der Waals surface area contributed by atoms with Crippen LogP contribution >= 0.6 is 0 Å². The molecular formula is C20H24N8O2. The second-order valence-corrected chi connectivity index (χ2v) is 7.42. The van der Waals surface area contributed by atoms with Crippen LogP contribution in [0, 0.1) is 0 Å². The van der Waals surface area contributed by atoms with Gasteiger partial charge >= 0.3 is 0 Å². The van der Waals surface area contributed by atoms with Gasteiger partial charge < -0.3 is 25.6 Å². The highest BCUT2D eigenvalue weighted by molar-refractivity contribution is 6.00. The average molecular weight is 408 g/mol. The van der Waals surface area contributed by atoms with E-state index in [2.05, 4.69) is 30.9 Å². The number of nitrogens with zero attached hydrogens (tertiary/aromatic N) is 5. The van der Waals surface area contributed by atoms with Crippen LogP contribution in [0.25, 0.3) is 5.65 Å². The fourth-order valence-electron chi connectivity index (χ4n) is 3.45. The van der Waals surface area contributed by atoms with Gasteiger partial charge in [-0.3, -0.25) is 4.79 Å². The van der Waals surface area contributed by atoms with Gasteiger partial charge in [0.25, 0.3) is 5.91 Å². The van der Waals surface area contributed by atoms with Crippen molar-refractivity contribution >= 4 is 34.8 Å². The molecule has 2 aliphatic rings. The third kappa shape index (κ3) is 3.73. The summed E-state index contributed by atoms with van der Waals surface area (Å²) in [7, 11) is 1.81. The summed E-state index contributed by atoms with van der Waals surface area (Å²) in [6.07, 6.45) is 3.61. The molecule has 4 heterocycles. The number of aromatic nitrogens is 4. The molecule has 0 aromatic carbocycles. The molecule has 156 valence electrons. The van der Waals surface area contributed by atoms with Gasteiger partial charge in [-0.1, -0.05) is 6.07 Å². The van der Waals surface area contributed by atoms with Gasteiger partial charge in [-0.2, -0.15) is 9.61 Å². The Morgan fingerprint density at radius 3 is 2.77 bits per heavy atom. The normalized spacial score (nSPS) is 16.5. The third-order valence-electron chi connectivity index (χ3n) is 5.21. The van der Waals surface area contributed by atoms with E-state index in [9.17, 15) is 4.79 Å². The maximum absolute atomic E-state index is 12.6. The lowest BCUT2D eigenvalue weighted by Gasteiger charge is -2.28. The van der Waals surface area contributed by atoms with Crippen LogP contribution in [0.3, 0.4) is 0 Å². The molecule has 30 heavy (non-hydrogen) atoms. The molecule has 3 aromatic heterocycles. The van der Waals surface area contributed by atoms with E-state index < -0.39 is 0 Å². The molecule has 2 fully saturated rings. The van der Waals surface area contributed by atoms with Crippen molar-refractivity contribution in [3.05, 3.63) is 36.0 Å². The number of morpholine rings is 1. The van der Waals surface area contributed by atoms with E-state index in [0.29, 0.717) is 36.1 Å². The second kappa shape index (κ2) is 7.79. The number of hydrogen-bond acceptors (Lipinski definition) is 8. The van der Waals surface area contributed by atoms with Crippen LogP contribution in [-0.4, -0.2) is 64.9 Å². The fraction of sp³-hybridized carbons (Fsp3) is 0.400. The van der Waals surface area contributed by atoms with Gasteiger partial charge in [-0.15, -0.1) is 0 Å². The number of amides is 1. The Balaban J connectivity index is 1.44. The average Bonchev–Trinajstić information content (AvgIpc) is 3.49. The first kappa shape index (κ1) is 18.6. The van der Waals surface area contributed by atoms with Crippen molar-refractivity contribution < 1.29 is 9.53 Å². The molecule has 0 radical (unpaired) electrons. The van der Waals surface area contributed by atoms with Crippen LogP contribution in [0.2, 0.25) is 0 Å². The maximum atomic E-state index is 12.6. The number of rotatable bonds is 6. The van der Waals surface area contributed by atoms with Crippen LogP contribution in [-0.2, 0) is 4.74 Å². The zero-order valence-corrected chi connectivity index (χ0v) is 16.8. The Kier molecular flexibility index (Phi) is 4.83. The molecule has 1 saturated heterocycles. The topological polar surface area (TPSA) is 109 Å². The molecule has 0 unspecified atom stereocenters. The van der Waals surface area contributed by atoms with Crippen molar-refractivity contribution in [2.75, 3.05) is 48.9 Å². The highest BCUT2D eigenvalue weighted by Gasteiger charge is 2.26. The van der Waals surface area contributed by atoms with Crippen molar-refractivity contribution in [3.63, 3.8) is 0 Å². The number of ether oxygens (including phenoxy) is 1. The fourth-order valence-corrected chi connectivity index (χ4v) is 3.45. The number of anilines is 4. The van der Waals surface area contributed by atoms with Crippen molar-refractivity contribution in [2.24, 2.45) is 0 Å². The molecule has 10 nitrogen and oxygen atoms in total. The number of pyridine rings is 1. The number of fused-ring (bicyclic) bond motifs is 1. The molecule has 1 aliphatic carbocycles. The summed E-state index contributed by atoms with van der Waals surface area (Å²) < 4.78 is 7.05. The minimum Gasteiger partial charge on any atom is -0.378 e. The van der Waals surface area contributed by atoms with Crippen LogP contribution in [0.1, 0.15) is 23.2 Å². The van der Waals surface area contributed by atoms with Gasteiger partial charge in [-0.25, -0.2) is 9.97 Å². The van der Waals surface area contributed by atoms with E-state index in [-0.39, 0.29) is 11.9 Å². The van der Waals surface area contributed by atoms with Gasteiger partial charge in [0, 0.05) is 32.2 Å². The van der Waals surface area contributed by atoms with E-state index in [1.165, 1.54) is 0 Å². The molecule has 1 aliphatic heterocycles. The van der Waals surface area contributed by atoms with E-state index in [4.69, 9.17) is 9.72 Å². The Morgan fingerprint density at radius 2 is 2.00 bits per heavy atom. The lowest BCUT2D eigenvalue weighted by atomic mass is 10.3. The molecule has 0 bridgehead atoms. The molecule has 5 rings (SSSR count). The summed E-state index contributed by atoms with van der Waals surface area (Å²) in [6, 6.07) is 7.95. The smallest absolute Gasteiger partial charge is 0.256 e. The van der Waals surface area contributed by atoms with Gasteiger partial charge in [-0.05, 0) is 25.0 Å². The minimum atomic E-state index is -0.147. The van der Waals surface area contributed by atoms with E-state index in [0.717, 1.165) is 37.6 Å². The van der Waals surface area contributed by atoms with Gasteiger partial charge in [0.2, 0.25) is 0 Å². The first-order valence-corrected chi connectivity index (χ1v) is 10.2. The maximum Gasteiger partial charge on any atom is 0.256 e. The molecule has 0 atom stereocenters. The van der Waals surface area contributed by atoms with Gasteiger partial charge in [0.05, 0.1) is 19.4 Å². The largest absolute Gasteiger partial charge is 0.378 e. The first-order valence-electron chi connectivity index (χ1n) is 10.2.